The minimum atomic E-state index is -0.0510. The van der Waals surface area contributed by atoms with Gasteiger partial charge >= 0.3 is 0 Å². The molecule has 0 saturated carbocycles. The molecule has 2 aromatic rings. The lowest BCUT2D eigenvalue weighted by Gasteiger charge is -2.06. The second-order valence-electron chi connectivity index (χ2n) is 6.61. The van der Waals surface area contributed by atoms with Crippen LogP contribution in [0.2, 0.25) is 0 Å². The molecule has 150 valence electrons. The van der Waals surface area contributed by atoms with E-state index < -0.39 is 0 Å². The van der Waals surface area contributed by atoms with E-state index in [1.165, 1.54) is 0 Å². The Balaban J connectivity index is 1.47. The highest BCUT2D eigenvalue weighted by Gasteiger charge is 2.05. The maximum Gasteiger partial charge on any atom is 0.225 e. The number of hydrogen-bond acceptors (Lipinski definition) is 6. The first-order valence-electron chi connectivity index (χ1n) is 9.58. The standard InChI is InChI=1S/C20H28N6O2/c21-15-9-7-11-17(23-15)25-19(27)13-5-3-1-2-4-6-14-20(28)26-18-12-8-10-16(22)24-18/h7-12H,1-6,13-14H2,(H3,21,23,25,27)(H3,22,24,26,28). The zero-order valence-corrected chi connectivity index (χ0v) is 16.0. The zero-order valence-electron chi connectivity index (χ0n) is 16.0. The minimum absolute atomic E-state index is 0.0510. The highest BCUT2D eigenvalue weighted by atomic mass is 16.2. The van der Waals surface area contributed by atoms with Crippen molar-refractivity contribution in [1.82, 2.24) is 9.97 Å². The van der Waals surface area contributed by atoms with E-state index in [0.29, 0.717) is 36.1 Å². The summed E-state index contributed by atoms with van der Waals surface area (Å²) in [6.45, 7) is 0. The zero-order chi connectivity index (χ0) is 20.2. The SMILES string of the molecule is Nc1cccc(NC(=O)CCCCCCCCC(=O)Nc2cccc(N)n2)n1. The molecule has 0 radical (unpaired) electrons. The van der Waals surface area contributed by atoms with E-state index in [-0.39, 0.29) is 11.8 Å². The van der Waals surface area contributed by atoms with Gasteiger partial charge in [0.15, 0.2) is 0 Å². The average Bonchev–Trinajstić information content (AvgIpc) is 2.64. The second kappa shape index (κ2) is 11.5. The number of anilines is 4. The molecule has 0 aliphatic heterocycles. The van der Waals surface area contributed by atoms with E-state index in [1.54, 1.807) is 36.4 Å². The lowest BCUT2D eigenvalue weighted by molar-refractivity contribution is -0.117. The van der Waals surface area contributed by atoms with Gasteiger partial charge < -0.3 is 22.1 Å². The molecule has 0 aliphatic carbocycles. The lowest BCUT2D eigenvalue weighted by atomic mass is 10.1. The molecular weight excluding hydrogens is 356 g/mol. The van der Waals surface area contributed by atoms with Crippen LogP contribution in [0.3, 0.4) is 0 Å². The first-order valence-corrected chi connectivity index (χ1v) is 9.58. The van der Waals surface area contributed by atoms with Gasteiger partial charge in [-0.2, -0.15) is 0 Å². The molecule has 2 aromatic heterocycles. The first-order chi connectivity index (χ1) is 13.5. The number of carbonyl (C=O) groups is 2. The molecule has 8 heteroatoms. The summed E-state index contributed by atoms with van der Waals surface area (Å²) in [4.78, 5) is 31.8. The molecule has 2 amide bonds. The normalized spacial score (nSPS) is 10.4. The summed E-state index contributed by atoms with van der Waals surface area (Å²) in [5.41, 5.74) is 11.2. The van der Waals surface area contributed by atoms with Gasteiger partial charge in [-0.1, -0.05) is 37.8 Å². The molecule has 2 heterocycles. The number of hydrogen-bond donors (Lipinski definition) is 4. The van der Waals surface area contributed by atoms with E-state index >= 15 is 0 Å². The number of nitrogen functional groups attached to an aromatic ring is 2. The Labute approximate surface area is 165 Å². The lowest BCUT2D eigenvalue weighted by Crippen LogP contribution is -2.12. The Kier molecular flexibility index (Phi) is 8.71. The van der Waals surface area contributed by atoms with Crippen LogP contribution in [0.4, 0.5) is 23.3 Å². The Morgan fingerprint density at radius 3 is 1.46 bits per heavy atom. The van der Waals surface area contributed by atoms with Crippen molar-refractivity contribution in [3.8, 4) is 0 Å². The second-order valence-corrected chi connectivity index (χ2v) is 6.61. The Morgan fingerprint density at radius 1 is 0.679 bits per heavy atom. The number of amides is 2. The minimum Gasteiger partial charge on any atom is -0.384 e. The molecule has 0 bridgehead atoms. The van der Waals surface area contributed by atoms with Gasteiger partial charge in [0.1, 0.15) is 23.3 Å². The molecule has 0 atom stereocenters. The van der Waals surface area contributed by atoms with E-state index in [2.05, 4.69) is 20.6 Å². The van der Waals surface area contributed by atoms with Crippen LogP contribution in [-0.4, -0.2) is 21.8 Å². The number of pyridine rings is 2. The summed E-state index contributed by atoms with van der Waals surface area (Å²) in [5.74, 6) is 1.63. The fraction of sp³-hybridized carbons (Fsp3) is 0.400. The highest BCUT2D eigenvalue weighted by molar-refractivity contribution is 5.90. The maximum absolute atomic E-state index is 11.9. The molecule has 6 N–H and O–H groups in total. The van der Waals surface area contributed by atoms with Crippen LogP contribution >= 0.6 is 0 Å². The van der Waals surface area contributed by atoms with Crippen molar-refractivity contribution < 1.29 is 9.59 Å². The Morgan fingerprint density at radius 2 is 1.07 bits per heavy atom. The number of unbranched alkanes of at least 4 members (excludes halogenated alkanes) is 5. The van der Waals surface area contributed by atoms with Crippen molar-refractivity contribution in [2.45, 2.75) is 51.4 Å². The van der Waals surface area contributed by atoms with Gasteiger partial charge in [0.2, 0.25) is 11.8 Å². The largest absolute Gasteiger partial charge is 0.384 e. The van der Waals surface area contributed by atoms with E-state index in [9.17, 15) is 9.59 Å². The summed E-state index contributed by atoms with van der Waals surface area (Å²) in [5, 5.41) is 5.48. The predicted molar refractivity (Wildman–Crippen MR) is 111 cm³/mol. The van der Waals surface area contributed by atoms with Crippen molar-refractivity contribution in [3.63, 3.8) is 0 Å². The molecular formula is C20H28N6O2. The van der Waals surface area contributed by atoms with Crippen LogP contribution in [0, 0.1) is 0 Å². The van der Waals surface area contributed by atoms with Gasteiger partial charge in [0.25, 0.3) is 0 Å². The quantitative estimate of drug-likeness (QED) is 0.439. The van der Waals surface area contributed by atoms with E-state index in [1.807, 2.05) is 0 Å². The monoisotopic (exact) mass is 384 g/mol. The number of nitrogens with zero attached hydrogens (tertiary/aromatic N) is 2. The third kappa shape index (κ3) is 8.48. The van der Waals surface area contributed by atoms with Crippen LogP contribution < -0.4 is 22.1 Å². The number of nitrogens with two attached hydrogens (primary N) is 2. The Bertz CT molecular complexity index is 715. The van der Waals surface area contributed by atoms with Crippen molar-refractivity contribution in [3.05, 3.63) is 36.4 Å². The van der Waals surface area contributed by atoms with Crippen LogP contribution in [0.5, 0.6) is 0 Å². The van der Waals surface area contributed by atoms with Gasteiger partial charge in [0.05, 0.1) is 0 Å². The molecule has 0 unspecified atom stereocenters. The van der Waals surface area contributed by atoms with Crippen LogP contribution in [0.15, 0.2) is 36.4 Å². The van der Waals surface area contributed by atoms with Crippen molar-refractivity contribution in [2.24, 2.45) is 0 Å². The Hall–Kier alpha value is -3.16. The third-order valence-electron chi connectivity index (χ3n) is 4.13. The third-order valence-corrected chi connectivity index (χ3v) is 4.13. The molecule has 8 nitrogen and oxygen atoms in total. The van der Waals surface area contributed by atoms with Gasteiger partial charge in [0, 0.05) is 12.8 Å². The summed E-state index contributed by atoms with van der Waals surface area (Å²) in [7, 11) is 0. The van der Waals surface area contributed by atoms with Crippen molar-refractivity contribution in [1.29, 1.82) is 0 Å². The number of rotatable bonds is 11. The molecule has 0 aromatic carbocycles. The molecule has 0 aliphatic rings. The van der Waals surface area contributed by atoms with Gasteiger partial charge in [-0.15, -0.1) is 0 Å². The fourth-order valence-corrected chi connectivity index (χ4v) is 2.73. The molecule has 0 saturated heterocycles. The number of carbonyl (C=O) groups excluding carboxylic acids is 2. The molecule has 2 rings (SSSR count). The van der Waals surface area contributed by atoms with E-state index in [4.69, 9.17) is 11.5 Å². The fourth-order valence-electron chi connectivity index (χ4n) is 2.73. The highest BCUT2D eigenvalue weighted by Crippen LogP contribution is 2.12. The van der Waals surface area contributed by atoms with Gasteiger partial charge in [-0.3, -0.25) is 9.59 Å². The maximum atomic E-state index is 11.9. The van der Waals surface area contributed by atoms with Crippen molar-refractivity contribution >= 4 is 35.1 Å². The topological polar surface area (TPSA) is 136 Å². The molecule has 0 spiro atoms. The number of aromatic nitrogens is 2. The van der Waals surface area contributed by atoms with E-state index in [0.717, 1.165) is 38.5 Å². The van der Waals surface area contributed by atoms with Crippen molar-refractivity contribution in [2.75, 3.05) is 22.1 Å². The van der Waals surface area contributed by atoms with Gasteiger partial charge in [-0.05, 0) is 37.1 Å². The summed E-state index contributed by atoms with van der Waals surface area (Å²) < 4.78 is 0. The number of nitrogens with one attached hydrogen (secondary N) is 2. The smallest absolute Gasteiger partial charge is 0.225 e. The summed E-state index contributed by atoms with van der Waals surface area (Å²) in [6.07, 6.45) is 6.64. The summed E-state index contributed by atoms with van der Waals surface area (Å²) in [6, 6.07) is 10.3. The van der Waals surface area contributed by atoms with Crippen LogP contribution in [-0.2, 0) is 9.59 Å². The molecule has 28 heavy (non-hydrogen) atoms. The van der Waals surface area contributed by atoms with Crippen LogP contribution in [0.25, 0.3) is 0 Å². The molecule has 0 fully saturated rings. The predicted octanol–water partition coefficient (Wildman–Crippen LogP) is 3.34. The summed E-state index contributed by atoms with van der Waals surface area (Å²) >= 11 is 0. The average molecular weight is 384 g/mol. The van der Waals surface area contributed by atoms with Gasteiger partial charge in [-0.25, -0.2) is 9.97 Å². The first kappa shape index (κ1) is 21.1. The van der Waals surface area contributed by atoms with Crippen LogP contribution in [0.1, 0.15) is 51.4 Å².